The zero-order valence-electron chi connectivity index (χ0n) is 16.5. The predicted octanol–water partition coefficient (Wildman–Crippen LogP) is 2.47. The summed E-state index contributed by atoms with van der Waals surface area (Å²) in [4.78, 5) is 13.0. The van der Waals surface area contributed by atoms with E-state index >= 15 is 0 Å². The molecule has 0 aromatic carbocycles. The van der Waals surface area contributed by atoms with Crippen molar-refractivity contribution < 1.29 is 4.74 Å². The summed E-state index contributed by atoms with van der Waals surface area (Å²) < 4.78 is 7.62. The smallest absolute Gasteiger partial charge is 0.224 e. The number of anilines is 3. The first-order valence-electron chi connectivity index (χ1n) is 9.61. The van der Waals surface area contributed by atoms with Crippen LogP contribution in [-0.4, -0.2) is 32.7 Å². The summed E-state index contributed by atoms with van der Waals surface area (Å²) in [6, 6.07) is 6.06. The van der Waals surface area contributed by atoms with Gasteiger partial charge in [-0.3, -0.25) is 0 Å². The molecule has 1 saturated heterocycles. The third kappa shape index (κ3) is 3.54. The van der Waals surface area contributed by atoms with Crippen LogP contribution < -0.4 is 16.8 Å². The molecular formula is C20H24N8O. The second kappa shape index (κ2) is 7.56. The number of rotatable bonds is 4. The topological polar surface area (TPSA) is 141 Å². The van der Waals surface area contributed by atoms with Crippen LogP contribution in [0.25, 0.3) is 11.0 Å². The maximum absolute atomic E-state index is 9.45. The van der Waals surface area contributed by atoms with Crippen LogP contribution in [0.5, 0.6) is 0 Å². The molecule has 3 aromatic heterocycles. The number of hydrogen-bond donors (Lipinski definition) is 3. The Bertz CT molecular complexity index is 1090. The van der Waals surface area contributed by atoms with Gasteiger partial charge in [0.05, 0.1) is 22.8 Å². The van der Waals surface area contributed by atoms with E-state index in [2.05, 4.69) is 32.0 Å². The van der Waals surface area contributed by atoms with E-state index in [1.54, 1.807) is 0 Å². The van der Waals surface area contributed by atoms with E-state index in [-0.39, 0.29) is 23.4 Å². The van der Waals surface area contributed by atoms with Crippen molar-refractivity contribution in [3.8, 4) is 6.07 Å². The number of nitrogens with one attached hydrogen (secondary N) is 1. The van der Waals surface area contributed by atoms with Gasteiger partial charge in [-0.05, 0) is 43.4 Å². The molecule has 0 amide bonds. The minimum Gasteiger partial charge on any atom is -0.382 e. The number of nitrogens with two attached hydrogens (primary N) is 2. The zero-order valence-corrected chi connectivity index (χ0v) is 16.5. The van der Waals surface area contributed by atoms with Gasteiger partial charge in [0, 0.05) is 26.5 Å². The molecule has 0 radical (unpaired) electrons. The highest BCUT2D eigenvalue weighted by atomic mass is 16.5. The Hall–Kier alpha value is -3.38. The van der Waals surface area contributed by atoms with Crippen molar-refractivity contribution in [1.29, 1.82) is 5.26 Å². The molecule has 1 fully saturated rings. The summed E-state index contributed by atoms with van der Waals surface area (Å²) >= 11 is 0. The number of ether oxygens (including phenoxy) is 1. The molecule has 0 saturated carbocycles. The lowest BCUT2D eigenvalue weighted by molar-refractivity contribution is 0.0850. The molecule has 3 aromatic rings. The standard InChI is InChI=1S/C20H24N8O/c1-11(24-19-14(10-21)18(22)26-20(23)27-19)17-13(12-4-7-29-8-5-12)9-16-15(25-17)3-6-28(16)2/h3,6,9,11-12H,4-5,7-8H2,1-2H3,(H5,22,23,24,26,27)/t11-/m0/s1. The van der Waals surface area contributed by atoms with Crippen LogP contribution in [0.2, 0.25) is 0 Å². The molecule has 9 nitrogen and oxygen atoms in total. The molecule has 4 heterocycles. The van der Waals surface area contributed by atoms with Crippen LogP contribution in [0.1, 0.15) is 48.5 Å². The molecule has 1 aliphatic heterocycles. The largest absolute Gasteiger partial charge is 0.382 e. The second-order valence-corrected chi connectivity index (χ2v) is 7.35. The first-order chi connectivity index (χ1) is 14.0. The molecule has 1 atom stereocenters. The number of aryl methyl sites for hydroxylation is 1. The van der Waals surface area contributed by atoms with Gasteiger partial charge in [-0.2, -0.15) is 15.2 Å². The zero-order chi connectivity index (χ0) is 20.5. The third-order valence-electron chi connectivity index (χ3n) is 5.42. The molecule has 0 spiro atoms. The van der Waals surface area contributed by atoms with E-state index < -0.39 is 0 Å². The fourth-order valence-electron chi connectivity index (χ4n) is 3.88. The number of hydrogen-bond acceptors (Lipinski definition) is 8. The lowest BCUT2D eigenvalue weighted by Crippen LogP contribution is -2.20. The van der Waals surface area contributed by atoms with E-state index in [4.69, 9.17) is 21.2 Å². The molecule has 4 rings (SSSR count). The Kier molecular flexibility index (Phi) is 4.94. The molecule has 9 heteroatoms. The molecule has 5 N–H and O–H groups in total. The minimum absolute atomic E-state index is 0.0207. The van der Waals surface area contributed by atoms with Crippen molar-refractivity contribution in [1.82, 2.24) is 19.5 Å². The van der Waals surface area contributed by atoms with Crippen LogP contribution in [-0.2, 0) is 11.8 Å². The summed E-state index contributed by atoms with van der Waals surface area (Å²) in [6.45, 7) is 3.48. The number of pyridine rings is 1. The summed E-state index contributed by atoms with van der Waals surface area (Å²) in [5, 5.41) is 12.7. The van der Waals surface area contributed by atoms with Crippen LogP contribution in [0.4, 0.5) is 17.6 Å². The van der Waals surface area contributed by atoms with Gasteiger partial charge in [-0.25, -0.2) is 4.98 Å². The predicted molar refractivity (Wildman–Crippen MR) is 111 cm³/mol. The first kappa shape index (κ1) is 19.0. The van der Waals surface area contributed by atoms with Crippen molar-refractivity contribution in [2.45, 2.75) is 31.7 Å². The molecule has 0 unspecified atom stereocenters. The van der Waals surface area contributed by atoms with Gasteiger partial charge in [-0.1, -0.05) is 0 Å². The Morgan fingerprint density at radius 2 is 2.03 bits per heavy atom. The van der Waals surface area contributed by atoms with Gasteiger partial charge in [0.15, 0.2) is 5.82 Å². The monoisotopic (exact) mass is 392 g/mol. The average molecular weight is 392 g/mol. The highest BCUT2D eigenvalue weighted by Crippen LogP contribution is 2.35. The van der Waals surface area contributed by atoms with Crippen LogP contribution in [0.3, 0.4) is 0 Å². The normalized spacial score (nSPS) is 15.9. The van der Waals surface area contributed by atoms with Crippen LogP contribution in [0, 0.1) is 11.3 Å². The van der Waals surface area contributed by atoms with Gasteiger partial charge >= 0.3 is 0 Å². The lowest BCUT2D eigenvalue weighted by atomic mass is 9.88. The SMILES string of the molecule is C[C@H](Nc1nc(N)nc(N)c1C#N)c1nc2ccn(C)c2cc1C1CCOCC1. The number of aromatic nitrogens is 4. The Balaban J connectivity index is 1.77. The minimum atomic E-state index is -0.210. The first-order valence-corrected chi connectivity index (χ1v) is 9.61. The van der Waals surface area contributed by atoms with Gasteiger partial charge in [0.2, 0.25) is 5.95 Å². The maximum Gasteiger partial charge on any atom is 0.224 e. The summed E-state index contributed by atoms with van der Waals surface area (Å²) in [7, 11) is 2.02. The molecular weight excluding hydrogens is 368 g/mol. The lowest BCUT2D eigenvalue weighted by Gasteiger charge is -2.27. The van der Waals surface area contributed by atoms with Crippen molar-refractivity contribution >= 4 is 28.6 Å². The van der Waals surface area contributed by atoms with Gasteiger partial charge in [-0.15, -0.1) is 0 Å². The summed E-state index contributed by atoms with van der Waals surface area (Å²) in [6.07, 6.45) is 3.91. The van der Waals surface area contributed by atoms with E-state index in [0.717, 1.165) is 42.8 Å². The maximum atomic E-state index is 9.45. The highest BCUT2D eigenvalue weighted by Gasteiger charge is 2.25. The summed E-state index contributed by atoms with van der Waals surface area (Å²) in [5.74, 6) is 0.766. The van der Waals surface area contributed by atoms with Crippen molar-refractivity contribution in [2.75, 3.05) is 30.0 Å². The third-order valence-corrected chi connectivity index (χ3v) is 5.42. The molecule has 29 heavy (non-hydrogen) atoms. The van der Waals surface area contributed by atoms with Crippen molar-refractivity contribution in [3.05, 3.63) is 35.2 Å². The van der Waals surface area contributed by atoms with E-state index in [1.165, 1.54) is 5.56 Å². The van der Waals surface area contributed by atoms with Gasteiger partial charge in [0.25, 0.3) is 0 Å². The molecule has 150 valence electrons. The van der Waals surface area contributed by atoms with Gasteiger partial charge in [0.1, 0.15) is 17.5 Å². The Labute approximate surface area is 168 Å². The number of nitriles is 1. The average Bonchev–Trinajstić information content (AvgIpc) is 3.07. The van der Waals surface area contributed by atoms with E-state index in [0.29, 0.717) is 11.7 Å². The number of nitrogen functional groups attached to an aromatic ring is 2. The van der Waals surface area contributed by atoms with Gasteiger partial charge < -0.3 is 26.1 Å². The number of fused-ring (bicyclic) bond motifs is 1. The molecule has 0 aliphatic carbocycles. The molecule has 0 bridgehead atoms. The van der Waals surface area contributed by atoms with Crippen molar-refractivity contribution in [3.63, 3.8) is 0 Å². The highest BCUT2D eigenvalue weighted by molar-refractivity contribution is 5.77. The second-order valence-electron chi connectivity index (χ2n) is 7.35. The van der Waals surface area contributed by atoms with Crippen molar-refractivity contribution in [2.24, 2.45) is 7.05 Å². The quantitative estimate of drug-likeness (QED) is 0.615. The van der Waals surface area contributed by atoms with E-state index in [9.17, 15) is 5.26 Å². The number of nitrogens with zero attached hydrogens (tertiary/aromatic N) is 5. The summed E-state index contributed by atoms with van der Waals surface area (Å²) in [5.41, 5.74) is 15.9. The fourth-order valence-corrected chi connectivity index (χ4v) is 3.88. The van der Waals surface area contributed by atoms with Crippen LogP contribution >= 0.6 is 0 Å². The van der Waals surface area contributed by atoms with E-state index in [1.807, 2.05) is 26.2 Å². The Morgan fingerprint density at radius 1 is 1.28 bits per heavy atom. The van der Waals surface area contributed by atoms with Crippen LogP contribution in [0.15, 0.2) is 18.3 Å². The Morgan fingerprint density at radius 3 is 2.76 bits per heavy atom. The fraction of sp³-hybridized carbons (Fsp3) is 0.400. The molecule has 1 aliphatic rings.